The highest BCUT2D eigenvalue weighted by Crippen LogP contribution is 2.66. The number of hydrogen-bond donors (Lipinski definition) is 3. The van der Waals surface area contributed by atoms with Gasteiger partial charge in [-0.25, -0.2) is 4.98 Å². The second-order valence-electron chi connectivity index (χ2n) is 14.9. The van der Waals surface area contributed by atoms with Gasteiger partial charge in [0.05, 0.1) is 48.0 Å². The zero-order valence-corrected chi connectivity index (χ0v) is 32.8. The molecule has 8 rings (SSSR count). The van der Waals surface area contributed by atoms with E-state index in [4.69, 9.17) is 32.7 Å². The molecule has 1 aromatic heterocycles. The molecular weight excluding hydrogens is 816 g/mol. The number of phenols is 2. The molecule has 0 radical (unpaired) electrons. The van der Waals surface area contributed by atoms with Crippen LogP contribution in [0.2, 0.25) is 10.0 Å². The number of aromatic nitrogens is 1. The highest BCUT2D eigenvalue weighted by atomic mass is 35.5. The molecule has 4 amide bonds. The second kappa shape index (κ2) is 14.8. The Hall–Kier alpha value is -5.80. The Labute approximate surface area is 345 Å². The van der Waals surface area contributed by atoms with Crippen molar-refractivity contribution in [1.82, 2.24) is 14.9 Å². The van der Waals surface area contributed by atoms with E-state index in [1.165, 1.54) is 55.5 Å². The van der Waals surface area contributed by atoms with Gasteiger partial charge in [0.15, 0.2) is 5.82 Å². The normalized spacial score (nSPS) is 25.1. The summed E-state index contributed by atoms with van der Waals surface area (Å²) in [5.74, 6) is -8.00. The lowest BCUT2D eigenvalue weighted by Gasteiger charge is -2.50. The summed E-state index contributed by atoms with van der Waals surface area (Å²) >= 11 is 12.6. The third-order valence-electron chi connectivity index (χ3n) is 12.0. The van der Waals surface area contributed by atoms with E-state index in [0.29, 0.717) is 39.9 Å². The average molecular weight is 852 g/mol. The quantitative estimate of drug-likeness (QED) is 0.118. The Morgan fingerprint density at radius 1 is 0.915 bits per heavy atom. The predicted molar refractivity (Wildman–Crippen MR) is 207 cm³/mol. The molecule has 2 aliphatic carbocycles. The number of fused-ring (bicyclic) bond motifs is 4. The number of aromatic hydroxyl groups is 2. The molecule has 59 heavy (non-hydrogen) atoms. The minimum Gasteiger partial charge on any atom is -0.508 e. The lowest BCUT2D eigenvalue weighted by atomic mass is 9.49. The van der Waals surface area contributed by atoms with Crippen LogP contribution in [0.5, 0.6) is 23.0 Å². The molecule has 2 saturated heterocycles. The number of likely N-dealkylation sites (tertiary alicyclic amines) is 1. The lowest BCUT2D eigenvalue weighted by Crippen LogP contribution is -2.53. The van der Waals surface area contributed by atoms with Crippen molar-refractivity contribution in [2.24, 2.45) is 23.7 Å². The van der Waals surface area contributed by atoms with Gasteiger partial charge >= 0.3 is 6.18 Å². The molecule has 3 fully saturated rings. The van der Waals surface area contributed by atoms with E-state index in [-0.39, 0.29) is 53.9 Å². The van der Waals surface area contributed by atoms with E-state index in [2.05, 4.69) is 10.4 Å². The minimum atomic E-state index is -4.78. The van der Waals surface area contributed by atoms with Crippen molar-refractivity contribution in [2.75, 3.05) is 26.2 Å². The fraction of sp³-hybridized carbons (Fsp3) is 0.310. The number of phenolic OH excluding ortho intramolecular Hbond substituents is 2. The first-order valence-corrected chi connectivity index (χ1v) is 19.3. The topological polar surface area (TPSA) is 159 Å². The van der Waals surface area contributed by atoms with Crippen LogP contribution in [0.1, 0.15) is 41.0 Å². The van der Waals surface area contributed by atoms with Gasteiger partial charge in [0.2, 0.25) is 11.8 Å². The molecule has 3 N–H and O–H groups in total. The predicted octanol–water partition coefficient (Wildman–Crippen LogP) is 7.06. The maximum Gasteiger partial charge on any atom is 0.417 e. The molecule has 4 aromatic rings. The molecule has 12 nitrogen and oxygen atoms in total. The smallest absolute Gasteiger partial charge is 0.417 e. The molecule has 306 valence electrons. The number of ether oxygens (including phenoxy) is 2. The van der Waals surface area contributed by atoms with Gasteiger partial charge in [0, 0.05) is 41.4 Å². The van der Waals surface area contributed by atoms with Crippen LogP contribution in [-0.2, 0) is 37.2 Å². The van der Waals surface area contributed by atoms with Crippen LogP contribution in [0.3, 0.4) is 0 Å². The number of carbonyl (C=O) groups is 4. The summed E-state index contributed by atoms with van der Waals surface area (Å²) in [6, 6.07) is 16.1. The number of methoxy groups -OCH3 is 2. The molecular formula is C42H35Cl2F3N4O8. The van der Waals surface area contributed by atoms with E-state index in [1.807, 2.05) is 0 Å². The third-order valence-corrected chi connectivity index (χ3v) is 12.6. The van der Waals surface area contributed by atoms with Crippen LogP contribution in [0, 0.1) is 23.7 Å². The molecule has 0 unspecified atom stereocenters. The van der Waals surface area contributed by atoms with E-state index >= 15 is 4.79 Å². The summed E-state index contributed by atoms with van der Waals surface area (Å²) in [5, 5.41) is 22.1. The van der Waals surface area contributed by atoms with Crippen molar-refractivity contribution in [1.29, 1.82) is 0 Å². The van der Waals surface area contributed by atoms with Crippen LogP contribution >= 0.6 is 23.2 Å². The Morgan fingerprint density at radius 2 is 1.63 bits per heavy atom. The van der Waals surface area contributed by atoms with Crippen LogP contribution in [0.25, 0.3) is 0 Å². The molecule has 4 aliphatic rings. The van der Waals surface area contributed by atoms with Crippen molar-refractivity contribution in [3.8, 4) is 23.0 Å². The summed E-state index contributed by atoms with van der Waals surface area (Å²) < 4.78 is 51.9. The van der Waals surface area contributed by atoms with E-state index in [9.17, 15) is 37.8 Å². The number of hydrogen-bond acceptors (Lipinski definition) is 10. The number of imide groups is 2. The van der Waals surface area contributed by atoms with Gasteiger partial charge in [0.25, 0.3) is 11.8 Å². The number of amides is 4. The first kappa shape index (κ1) is 40.0. The lowest BCUT2D eigenvalue weighted by molar-refractivity contribution is -0.141. The summed E-state index contributed by atoms with van der Waals surface area (Å²) in [7, 11) is 2.74. The Kier molecular flexibility index (Phi) is 10.0. The number of rotatable bonds is 9. The zero-order valence-electron chi connectivity index (χ0n) is 31.3. The van der Waals surface area contributed by atoms with Crippen LogP contribution in [0.4, 0.5) is 19.0 Å². The Balaban J connectivity index is 1.29. The largest absolute Gasteiger partial charge is 0.508 e. The summed E-state index contributed by atoms with van der Waals surface area (Å²) in [6.45, 7) is 0.0577. The number of carbonyl (C=O) groups excluding carboxylic acids is 4. The highest BCUT2D eigenvalue weighted by Gasteiger charge is 2.71. The van der Waals surface area contributed by atoms with Crippen LogP contribution < -0.4 is 14.9 Å². The second-order valence-corrected chi connectivity index (χ2v) is 15.8. The standard InChI is InChI=1S/C42H35Cl2F3N4O8/c1-58-25-16-31(53)34(32(17-25)59-2)35-26-11-12-27-33(39(56)50(37(27)54)14-13-20-3-9-24(52)10-4-20)28(26)18-29-38(55)51(40(57)41(29,35)21-5-7-23(43)8-6-21)49-36-30(44)15-22(19-48-36)42(45,46)47/h3-11,15-17,19,27-29,33,35,52-53H,12-14,18H2,1-2H3,(H,48,49)/t27-,28+,29-,33-,35+,41+/m0/s1. The molecule has 1 saturated carbocycles. The third kappa shape index (κ3) is 6.41. The molecule has 2 aliphatic heterocycles. The average Bonchev–Trinajstić information content (AvgIpc) is 3.58. The number of hydrazine groups is 1. The van der Waals surface area contributed by atoms with Crippen molar-refractivity contribution >= 4 is 52.6 Å². The van der Waals surface area contributed by atoms with Crippen molar-refractivity contribution in [2.45, 2.75) is 36.8 Å². The van der Waals surface area contributed by atoms with Gasteiger partial charge in [-0.15, -0.1) is 0 Å². The van der Waals surface area contributed by atoms with Crippen molar-refractivity contribution in [3.05, 3.63) is 117 Å². The molecule has 0 spiro atoms. The van der Waals surface area contributed by atoms with Gasteiger partial charge in [-0.2, -0.15) is 18.2 Å². The minimum absolute atomic E-state index is 0.0577. The molecule has 0 bridgehead atoms. The van der Waals surface area contributed by atoms with Crippen LogP contribution in [0.15, 0.2) is 84.6 Å². The van der Waals surface area contributed by atoms with Gasteiger partial charge in [-0.1, -0.05) is 59.1 Å². The number of alkyl halides is 3. The number of nitrogens with one attached hydrogen (secondary N) is 1. The number of anilines is 1. The van der Waals surface area contributed by atoms with Crippen molar-refractivity contribution in [3.63, 3.8) is 0 Å². The summed E-state index contributed by atoms with van der Waals surface area (Å²) in [6.07, 6.45) is -2.17. The number of pyridine rings is 1. The summed E-state index contributed by atoms with van der Waals surface area (Å²) in [5.41, 5.74) is 1.21. The fourth-order valence-corrected chi connectivity index (χ4v) is 9.78. The number of nitrogens with zero attached hydrogens (tertiary/aromatic N) is 3. The Morgan fingerprint density at radius 3 is 2.27 bits per heavy atom. The van der Waals surface area contributed by atoms with Gasteiger partial charge < -0.3 is 19.7 Å². The highest BCUT2D eigenvalue weighted by molar-refractivity contribution is 6.33. The first-order chi connectivity index (χ1) is 28.1. The fourth-order valence-electron chi connectivity index (χ4n) is 9.45. The van der Waals surface area contributed by atoms with Gasteiger partial charge in [0.1, 0.15) is 23.0 Å². The van der Waals surface area contributed by atoms with Crippen LogP contribution in [-0.4, -0.2) is 69.5 Å². The number of allylic oxidation sites excluding steroid dienone is 2. The van der Waals surface area contributed by atoms with E-state index < -0.39 is 75.3 Å². The maximum atomic E-state index is 15.5. The van der Waals surface area contributed by atoms with Gasteiger partial charge in [-0.05, 0) is 66.6 Å². The monoisotopic (exact) mass is 850 g/mol. The maximum absolute atomic E-state index is 15.5. The summed E-state index contributed by atoms with van der Waals surface area (Å²) in [4.78, 5) is 64.0. The van der Waals surface area contributed by atoms with E-state index in [1.54, 1.807) is 30.3 Å². The number of halogens is 5. The van der Waals surface area contributed by atoms with E-state index in [0.717, 1.165) is 5.56 Å². The molecule has 3 aromatic carbocycles. The SMILES string of the molecule is COc1cc(O)c([C@H]2C3=CC[C@@H]4C(=O)N(CCc5ccc(O)cc5)C(=O)[C@@H]4[C@@H]3C[C@H]3C(=O)N(Nc4ncc(C(F)(F)F)cc4Cl)C(=O)[C@@]23c2ccc(Cl)cc2)c(OC)c1. The van der Waals surface area contributed by atoms with Gasteiger partial charge in [-0.3, -0.25) is 29.5 Å². The first-order valence-electron chi connectivity index (χ1n) is 18.5. The molecule has 3 heterocycles. The van der Waals surface area contributed by atoms with Crippen molar-refractivity contribution < 1.29 is 52.0 Å². The molecule has 6 atom stereocenters. The Bertz CT molecular complexity index is 2430. The number of benzene rings is 3. The molecule has 17 heteroatoms. The zero-order chi connectivity index (χ0) is 42.1.